The van der Waals surface area contributed by atoms with Crippen molar-refractivity contribution in [3.63, 3.8) is 0 Å². The molecule has 5 rings (SSSR count). The van der Waals surface area contributed by atoms with Crippen molar-refractivity contribution in [2.75, 3.05) is 23.4 Å². The van der Waals surface area contributed by atoms with Gasteiger partial charge in [-0.3, -0.25) is 14.5 Å². The van der Waals surface area contributed by atoms with Crippen LogP contribution in [-0.4, -0.2) is 30.2 Å². The quantitative estimate of drug-likeness (QED) is 0.172. The summed E-state index contributed by atoms with van der Waals surface area (Å²) < 4.78 is 12.2. The zero-order valence-electron chi connectivity index (χ0n) is 23.3. The molecule has 45 heavy (non-hydrogen) atoms. The number of carbonyl (C=O) groups is 2. The molecule has 0 radical (unpaired) electrons. The standard InChI is InChI=1S/C32H22BrCl4N3O4S/c1-2-43-27-14-18(13-24(33)30(27)44-17-29(41)38-22-9-12-25(36)26(37)16-22)15-28-31(42)40(23-10-5-20(35)6-11-23)32(45-28)39-21-7-3-19(34)4-8-21/h3-16H,2,17H2,1H3,(H,38,41)/b28-15+,39-32?. The number of amides is 2. The van der Waals surface area contributed by atoms with Crippen molar-refractivity contribution in [1.29, 1.82) is 0 Å². The third kappa shape index (κ3) is 8.35. The molecule has 1 saturated heterocycles. The molecule has 7 nitrogen and oxygen atoms in total. The molecule has 0 saturated carbocycles. The number of benzene rings is 4. The molecule has 4 aromatic rings. The molecule has 2 amide bonds. The zero-order valence-corrected chi connectivity index (χ0v) is 28.7. The van der Waals surface area contributed by atoms with E-state index >= 15 is 0 Å². The lowest BCUT2D eigenvalue weighted by Crippen LogP contribution is -2.28. The molecule has 4 aromatic carbocycles. The van der Waals surface area contributed by atoms with Gasteiger partial charge in [-0.2, -0.15) is 0 Å². The lowest BCUT2D eigenvalue weighted by molar-refractivity contribution is -0.118. The van der Waals surface area contributed by atoms with Crippen LogP contribution in [0.2, 0.25) is 20.1 Å². The van der Waals surface area contributed by atoms with E-state index in [1.165, 1.54) is 16.7 Å². The van der Waals surface area contributed by atoms with Crippen LogP contribution in [0.25, 0.3) is 6.08 Å². The normalized spacial score (nSPS) is 14.7. The molecule has 0 bridgehead atoms. The number of thioether (sulfide) groups is 1. The van der Waals surface area contributed by atoms with E-state index in [2.05, 4.69) is 21.2 Å². The number of hydrogen-bond acceptors (Lipinski definition) is 6. The van der Waals surface area contributed by atoms with Crippen molar-refractivity contribution in [1.82, 2.24) is 0 Å². The molecule has 1 aliphatic rings. The van der Waals surface area contributed by atoms with Crippen LogP contribution >= 0.6 is 74.1 Å². The lowest BCUT2D eigenvalue weighted by atomic mass is 10.1. The van der Waals surface area contributed by atoms with Crippen LogP contribution in [0.15, 0.2) is 93.2 Å². The highest BCUT2D eigenvalue weighted by Gasteiger charge is 2.35. The number of carbonyl (C=O) groups excluding carboxylic acids is 2. The number of ether oxygens (including phenoxy) is 2. The van der Waals surface area contributed by atoms with Crippen LogP contribution < -0.4 is 19.7 Å². The number of amidine groups is 1. The molecule has 0 aromatic heterocycles. The van der Waals surface area contributed by atoms with E-state index in [-0.39, 0.29) is 12.5 Å². The van der Waals surface area contributed by atoms with Crippen molar-refractivity contribution in [3.8, 4) is 11.5 Å². The number of nitrogens with zero attached hydrogens (tertiary/aromatic N) is 2. The molecule has 1 aliphatic heterocycles. The highest BCUT2D eigenvalue weighted by Crippen LogP contribution is 2.41. The van der Waals surface area contributed by atoms with Crippen LogP contribution in [0.5, 0.6) is 11.5 Å². The van der Waals surface area contributed by atoms with Crippen LogP contribution in [0.4, 0.5) is 17.1 Å². The lowest BCUT2D eigenvalue weighted by Gasteiger charge is -2.16. The van der Waals surface area contributed by atoms with Crippen molar-refractivity contribution >= 4 is 114 Å². The first-order valence-corrected chi connectivity index (χ1v) is 16.4. The molecule has 0 aliphatic carbocycles. The molecule has 0 unspecified atom stereocenters. The van der Waals surface area contributed by atoms with Gasteiger partial charge in [0.15, 0.2) is 23.3 Å². The van der Waals surface area contributed by atoms with Gasteiger partial charge in [0.1, 0.15) is 0 Å². The van der Waals surface area contributed by atoms with Gasteiger partial charge in [-0.05, 0) is 125 Å². The summed E-state index contributed by atoms with van der Waals surface area (Å²) in [4.78, 5) is 33.0. The van der Waals surface area contributed by atoms with Gasteiger partial charge in [0.05, 0.1) is 37.4 Å². The highest BCUT2D eigenvalue weighted by molar-refractivity contribution is 9.10. The first kappa shape index (κ1) is 33.2. The Bertz CT molecular complexity index is 1820. The summed E-state index contributed by atoms with van der Waals surface area (Å²) >= 11 is 28.9. The Labute approximate surface area is 292 Å². The number of hydrogen-bond donors (Lipinski definition) is 1. The van der Waals surface area contributed by atoms with E-state index in [0.717, 1.165) is 0 Å². The minimum absolute atomic E-state index is 0.261. The minimum atomic E-state index is -0.406. The molecule has 230 valence electrons. The number of nitrogens with one attached hydrogen (secondary N) is 1. The van der Waals surface area contributed by atoms with E-state index in [0.29, 0.717) is 75.4 Å². The summed E-state index contributed by atoms with van der Waals surface area (Å²) in [6.07, 6.45) is 1.74. The Morgan fingerprint density at radius 1 is 0.933 bits per heavy atom. The van der Waals surface area contributed by atoms with E-state index in [1.54, 1.807) is 84.9 Å². The van der Waals surface area contributed by atoms with Gasteiger partial charge >= 0.3 is 0 Å². The molecule has 0 atom stereocenters. The summed E-state index contributed by atoms with van der Waals surface area (Å²) in [5.74, 6) is 0.0580. The minimum Gasteiger partial charge on any atom is -0.490 e. The predicted molar refractivity (Wildman–Crippen MR) is 189 cm³/mol. The Morgan fingerprint density at radius 2 is 1.62 bits per heavy atom. The fraction of sp³-hybridized carbons (Fsp3) is 0.0938. The smallest absolute Gasteiger partial charge is 0.271 e. The Balaban J connectivity index is 1.41. The van der Waals surface area contributed by atoms with Crippen LogP contribution in [0.3, 0.4) is 0 Å². The maximum atomic E-state index is 13.8. The third-order valence-electron chi connectivity index (χ3n) is 6.12. The van der Waals surface area contributed by atoms with Gasteiger partial charge in [-0.25, -0.2) is 4.99 Å². The largest absolute Gasteiger partial charge is 0.490 e. The summed E-state index contributed by atoms with van der Waals surface area (Å²) in [7, 11) is 0. The molecular weight excluding hydrogens is 744 g/mol. The van der Waals surface area contributed by atoms with E-state index in [9.17, 15) is 9.59 Å². The SMILES string of the molecule is CCOc1cc(/C=C2/SC(=Nc3ccc(Cl)cc3)N(c3ccc(Cl)cc3)C2=O)cc(Br)c1OCC(=O)Nc1ccc(Cl)c(Cl)c1. The summed E-state index contributed by atoms with van der Waals surface area (Å²) in [5.41, 5.74) is 2.40. The summed E-state index contributed by atoms with van der Waals surface area (Å²) in [5, 5.41) is 5.02. The summed E-state index contributed by atoms with van der Waals surface area (Å²) in [6, 6.07) is 22.3. The van der Waals surface area contributed by atoms with Gasteiger partial charge < -0.3 is 14.8 Å². The first-order chi connectivity index (χ1) is 21.6. The molecule has 0 spiro atoms. The van der Waals surface area contributed by atoms with E-state index < -0.39 is 5.91 Å². The van der Waals surface area contributed by atoms with Crippen molar-refractivity contribution < 1.29 is 19.1 Å². The molecular formula is C32H22BrCl4N3O4S. The fourth-order valence-corrected chi connectivity index (χ4v) is 6.25. The highest BCUT2D eigenvalue weighted by atomic mass is 79.9. The molecule has 1 fully saturated rings. The predicted octanol–water partition coefficient (Wildman–Crippen LogP) is 10.3. The maximum absolute atomic E-state index is 13.8. The molecule has 13 heteroatoms. The van der Waals surface area contributed by atoms with E-state index in [1.807, 2.05) is 6.92 Å². The van der Waals surface area contributed by atoms with Crippen LogP contribution in [0.1, 0.15) is 12.5 Å². The summed E-state index contributed by atoms with van der Waals surface area (Å²) in [6.45, 7) is 1.88. The van der Waals surface area contributed by atoms with Gasteiger partial charge in [-0.15, -0.1) is 0 Å². The van der Waals surface area contributed by atoms with Crippen molar-refractivity contribution in [2.45, 2.75) is 6.92 Å². The van der Waals surface area contributed by atoms with Crippen molar-refractivity contribution in [2.24, 2.45) is 4.99 Å². The van der Waals surface area contributed by atoms with Crippen LogP contribution in [-0.2, 0) is 9.59 Å². The molecule has 1 N–H and O–H groups in total. The number of aliphatic imine (C=N–C) groups is 1. The Hall–Kier alpha value is -3.18. The topological polar surface area (TPSA) is 80.2 Å². The van der Waals surface area contributed by atoms with Gasteiger partial charge in [-0.1, -0.05) is 46.4 Å². The second kappa shape index (κ2) is 14.9. The number of halogens is 5. The maximum Gasteiger partial charge on any atom is 0.271 e. The zero-order chi connectivity index (χ0) is 32.1. The number of rotatable bonds is 9. The van der Waals surface area contributed by atoms with Crippen molar-refractivity contribution in [3.05, 3.63) is 114 Å². The fourth-order valence-electron chi connectivity index (χ4n) is 4.13. The monoisotopic (exact) mass is 763 g/mol. The third-order valence-corrected chi connectivity index (χ3v) is 8.92. The van der Waals surface area contributed by atoms with Gasteiger partial charge in [0, 0.05) is 15.7 Å². The average Bonchev–Trinajstić information content (AvgIpc) is 3.30. The Morgan fingerprint density at radius 3 is 2.29 bits per heavy atom. The van der Waals surface area contributed by atoms with Crippen LogP contribution in [0, 0.1) is 0 Å². The van der Waals surface area contributed by atoms with Gasteiger partial charge in [0.25, 0.3) is 11.8 Å². The average molecular weight is 766 g/mol. The number of anilines is 2. The van der Waals surface area contributed by atoms with E-state index in [4.69, 9.17) is 60.9 Å². The molecule has 1 heterocycles. The van der Waals surface area contributed by atoms with Gasteiger partial charge in [0.2, 0.25) is 0 Å². The second-order valence-corrected chi connectivity index (χ2v) is 12.9. The second-order valence-electron chi connectivity index (χ2n) is 9.33. The first-order valence-electron chi connectivity index (χ1n) is 13.3. The Kier molecular flexibility index (Phi) is 11.0.